The monoisotopic (exact) mass is 100 g/mol. The molecule has 7 heavy (non-hydrogen) atoms. The van der Waals surface area contributed by atoms with Crippen LogP contribution in [0.3, 0.4) is 0 Å². The number of hydrogen-bond acceptors (Lipinski definition) is 1. The Hall–Kier alpha value is -0.530. The second-order valence-electron chi connectivity index (χ2n) is 1.58. The van der Waals surface area contributed by atoms with Crippen LogP contribution in [-0.2, 0) is 4.79 Å². The molecule has 0 aromatic heterocycles. The van der Waals surface area contributed by atoms with E-state index in [9.17, 15) is 4.79 Å². The predicted molar refractivity (Wildman–Crippen MR) is 28.7 cm³/mol. The second kappa shape index (κ2) is 2.61. The topological polar surface area (TPSA) is 29.1 Å². The molecule has 0 bridgehead atoms. The third kappa shape index (κ3) is 2.20. The first-order valence-electron chi connectivity index (χ1n) is 2.20. The summed E-state index contributed by atoms with van der Waals surface area (Å²) in [7, 11) is 1.62. The highest BCUT2D eigenvalue weighted by atomic mass is 16.1. The number of carbonyl (C=O) groups excluding carboxylic acids is 1. The Morgan fingerprint density at radius 2 is 1.86 bits per heavy atom. The van der Waals surface area contributed by atoms with Gasteiger partial charge in [-0.05, 0) is 0 Å². The Kier molecular flexibility index (Phi) is 2.41. The van der Waals surface area contributed by atoms with Gasteiger partial charge in [0.25, 0.3) is 0 Å². The molecule has 2 heteroatoms. The Balaban J connectivity index is 3.35. The maximum atomic E-state index is 10.4. The van der Waals surface area contributed by atoms with E-state index >= 15 is 0 Å². The van der Waals surface area contributed by atoms with Crippen LogP contribution >= 0.6 is 0 Å². The van der Waals surface area contributed by atoms with E-state index in [1.807, 2.05) is 0 Å². The van der Waals surface area contributed by atoms with E-state index in [2.05, 4.69) is 5.32 Å². The lowest BCUT2D eigenvalue weighted by Gasteiger charge is -1.97. The van der Waals surface area contributed by atoms with Gasteiger partial charge in [-0.15, -0.1) is 0 Å². The van der Waals surface area contributed by atoms with E-state index in [-0.39, 0.29) is 5.91 Å². The van der Waals surface area contributed by atoms with Crippen molar-refractivity contribution in [3.8, 4) is 0 Å². The van der Waals surface area contributed by atoms with Crippen LogP contribution in [-0.4, -0.2) is 13.0 Å². The van der Waals surface area contributed by atoms with Crippen LogP contribution in [0.2, 0.25) is 0 Å². The van der Waals surface area contributed by atoms with Gasteiger partial charge in [0.2, 0.25) is 5.91 Å². The lowest BCUT2D eigenvalue weighted by molar-refractivity contribution is -0.118. The van der Waals surface area contributed by atoms with Crippen LogP contribution in [0.15, 0.2) is 0 Å². The summed E-state index contributed by atoms with van der Waals surface area (Å²) in [4.78, 5) is 10.4. The second-order valence-corrected chi connectivity index (χ2v) is 1.58. The molecule has 0 saturated heterocycles. The van der Waals surface area contributed by atoms with E-state index in [1.165, 1.54) is 0 Å². The van der Waals surface area contributed by atoms with Crippen molar-refractivity contribution in [3.63, 3.8) is 0 Å². The highest BCUT2D eigenvalue weighted by molar-refractivity contribution is 5.88. The maximum Gasteiger partial charge on any atom is 0.226 e. The van der Waals surface area contributed by atoms with Crippen molar-refractivity contribution in [2.75, 3.05) is 7.05 Å². The minimum atomic E-state index is 0.0139. The highest BCUT2D eigenvalue weighted by Gasteiger charge is 2.01. The quantitative estimate of drug-likeness (QED) is 0.506. The van der Waals surface area contributed by atoms with E-state index < -0.39 is 0 Å². The van der Waals surface area contributed by atoms with E-state index in [4.69, 9.17) is 0 Å². The van der Waals surface area contributed by atoms with Gasteiger partial charge in [-0.3, -0.25) is 4.79 Å². The molecule has 0 heterocycles. The van der Waals surface area contributed by atoms with Gasteiger partial charge in [-0.1, -0.05) is 13.8 Å². The van der Waals surface area contributed by atoms with E-state index in [0.29, 0.717) is 0 Å². The van der Waals surface area contributed by atoms with Crippen LogP contribution in [0.1, 0.15) is 13.8 Å². The Morgan fingerprint density at radius 1 is 1.43 bits per heavy atom. The Bertz CT molecular complexity index is 68.5. The zero-order valence-corrected chi connectivity index (χ0v) is 4.91. The molecule has 0 rings (SSSR count). The lowest BCUT2D eigenvalue weighted by atomic mass is 10.2. The summed E-state index contributed by atoms with van der Waals surface area (Å²) < 4.78 is 0. The van der Waals surface area contributed by atoms with E-state index in [1.54, 1.807) is 20.9 Å². The van der Waals surface area contributed by atoms with Crippen LogP contribution < -0.4 is 5.32 Å². The summed E-state index contributed by atoms with van der Waals surface area (Å²) in [6, 6.07) is 0. The molecule has 1 amide bonds. The van der Waals surface area contributed by atoms with Crippen molar-refractivity contribution in [1.29, 1.82) is 0 Å². The molecule has 1 N–H and O–H groups in total. The van der Waals surface area contributed by atoms with Crippen molar-refractivity contribution in [2.45, 2.75) is 13.8 Å². The summed E-state index contributed by atoms with van der Waals surface area (Å²) in [5.74, 6) is 0.808. The molecule has 1 radical (unpaired) electrons. The largest absolute Gasteiger partial charge is 0.359 e. The molecule has 0 saturated carbocycles. The molecular formula is C5H10NO. The summed E-state index contributed by atoms with van der Waals surface area (Å²) in [6.45, 7) is 3.55. The molecule has 0 atom stereocenters. The molecular weight excluding hydrogens is 90.1 g/mol. The standard InChI is InChI=1S/C5H10NO/c1-4(2)5(7)6-3/h1-3H3,(H,6,7). The number of hydrogen-bond donors (Lipinski definition) is 1. The normalized spacial score (nSPS) is 9.14. The van der Waals surface area contributed by atoms with Crippen molar-refractivity contribution in [2.24, 2.45) is 0 Å². The van der Waals surface area contributed by atoms with Crippen LogP contribution in [0.4, 0.5) is 0 Å². The summed E-state index contributed by atoms with van der Waals surface area (Å²) in [5, 5.41) is 2.49. The SMILES string of the molecule is CNC(=O)[C](C)C. The molecule has 0 aliphatic rings. The van der Waals surface area contributed by atoms with Crippen LogP contribution in [0, 0.1) is 5.92 Å². The third-order valence-corrected chi connectivity index (χ3v) is 0.681. The first kappa shape index (κ1) is 6.47. The predicted octanol–water partition coefficient (Wildman–Crippen LogP) is 0.347. The summed E-state index contributed by atoms with van der Waals surface area (Å²) >= 11 is 0. The smallest absolute Gasteiger partial charge is 0.226 e. The average Bonchev–Trinajstić information content (AvgIpc) is 1.65. The number of carbonyl (C=O) groups is 1. The molecule has 0 aliphatic carbocycles. The van der Waals surface area contributed by atoms with Crippen LogP contribution in [0.25, 0.3) is 0 Å². The zero-order chi connectivity index (χ0) is 5.86. The van der Waals surface area contributed by atoms with Gasteiger partial charge in [-0.25, -0.2) is 0 Å². The molecule has 0 fully saturated rings. The van der Waals surface area contributed by atoms with E-state index in [0.717, 1.165) is 5.92 Å². The molecule has 0 spiro atoms. The minimum absolute atomic E-state index is 0.0139. The molecule has 0 aromatic rings. The minimum Gasteiger partial charge on any atom is -0.359 e. The van der Waals surface area contributed by atoms with Crippen LogP contribution in [0.5, 0.6) is 0 Å². The molecule has 0 aliphatic heterocycles. The fraction of sp³-hybridized carbons (Fsp3) is 0.600. The van der Waals surface area contributed by atoms with Gasteiger partial charge in [0.15, 0.2) is 0 Å². The van der Waals surface area contributed by atoms with Crippen molar-refractivity contribution >= 4 is 5.91 Å². The molecule has 41 valence electrons. The average molecular weight is 100 g/mol. The van der Waals surface area contributed by atoms with Crippen molar-refractivity contribution in [1.82, 2.24) is 5.32 Å². The van der Waals surface area contributed by atoms with Gasteiger partial charge in [0.1, 0.15) is 0 Å². The maximum absolute atomic E-state index is 10.4. The number of rotatable bonds is 1. The summed E-state index contributed by atoms with van der Waals surface area (Å²) in [6.07, 6.45) is 0. The fourth-order valence-electron chi connectivity index (χ4n) is 0.250. The van der Waals surface area contributed by atoms with Gasteiger partial charge in [0, 0.05) is 7.05 Å². The number of nitrogens with one attached hydrogen (secondary N) is 1. The molecule has 2 nitrogen and oxygen atoms in total. The molecule has 0 unspecified atom stereocenters. The Labute approximate surface area is 43.9 Å². The fourth-order valence-corrected chi connectivity index (χ4v) is 0.250. The third-order valence-electron chi connectivity index (χ3n) is 0.681. The lowest BCUT2D eigenvalue weighted by Crippen LogP contribution is -2.21. The van der Waals surface area contributed by atoms with Gasteiger partial charge in [0.05, 0.1) is 5.92 Å². The first-order valence-corrected chi connectivity index (χ1v) is 2.20. The summed E-state index contributed by atoms with van der Waals surface area (Å²) in [5.41, 5.74) is 0. The Morgan fingerprint density at radius 3 is 1.86 bits per heavy atom. The van der Waals surface area contributed by atoms with Gasteiger partial charge >= 0.3 is 0 Å². The molecule has 0 aromatic carbocycles. The van der Waals surface area contributed by atoms with Crippen molar-refractivity contribution < 1.29 is 4.79 Å². The number of amides is 1. The first-order chi connectivity index (χ1) is 3.18. The van der Waals surface area contributed by atoms with Gasteiger partial charge in [-0.2, -0.15) is 0 Å². The zero-order valence-electron chi connectivity index (χ0n) is 4.91. The van der Waals surface area contributed by atoms with Gasteiger partial charge < -0.3 is 5.32 Å². The van der Waals surface area contributed by atoms with Crippen molar-refractivity contribution in [3.05, 3.63) is 5.92 Å². The highest BCUT2D eigenvalue weighted by Crippen LogP contribution is 1.90.